The maximum Gasteiger partial charge on any atom is 0.159 e. The molecule has 0 aliphatic heterocycles. The molecule has 3 nitrogen and oxygen atoms in total. The molecule has 0 fully saturated rings. The highest BCUT2D eigenvalue weighted by Gasteiger charge is 2.13. The molecule has 0 saturated heterocycles. The minimum atomic E-state index is 0.642. The van der Waals surface area contributed by atoms with E-state index in [-0.39, 0.29) is 0 Å². The summed E-state index contributed by atoms with van der Waals surface area (Å²) in [7, 11) is 0. The van der Waals surface area contributed by atoms with Crippen LogP contribution in [0.25, 0.3) is 11.4 Å². The average Bonchev–Trinajstić information content (AvgIpc) is 2.56. The summed E-state index contributed by atoms with van der Waals surface area (Å²) < 4.78 is 5.92. The standard InChI is InChI=1S/C19H22N2O/c1-14-3-5-16(6-4-14)13-22-18-9-7-17(8-10-18)19-20-11-15(2)12-21-19/h3,7-12,16H,4-6,13H2,1-2H3. The van der Waals surface area contributed by atoms with E-state index in [2.05, 4.69) is 23.0 Å². The maximum absolute atomic E-state index is 5.92. The quantitative estimate of drug-likeness (QED) is 0.774. The number of hydrogen-bond donors (Lipinski definition) is 0. The van der Waals surface area contributed by atoms with Gasteiger partial charge in [0.05, 0.1) is 6.61 Å². The van der Waals surface area contributed by atoms with Crippen molar-refractivity contribution < 1.29 is 4.74 Å². The Morgan fingerprint density at radius 3 is 2.45 bits per heavy atom. The zero-order valence-corrected chi connectivity index (χ0v) is 13.2. The normalized spacial score (nSPS) is 17.9. The zero-order chi connectivity index (χ0) is 15.4. The number of aromatic nitrogens is 2. The number of ether oxygens (including phenoxy) is 1. The van der Waals surface area contributed by atoms with E-state index in [1.807, 2.05) is 43.6 Å². The first kappa shape index (κ1) is 14.8. The number of rotatable bonds is 4. The Hall–Kier alpha value is -2.16. The summed E-state index contributed by atoms with van der Waals surface area (Å²) in [6, 6.07) is 8.04. The average molecular weight is 294 g/mol. The topological polar surface area (TPSA) is 35.0 Å². The molecule has 114 valence electrons. The van der Waals surface area contributed by atoms with Gasteiger partial charge in [0.1, 0.15) is 5.75 Å². The fourth-order valence-corrected chi connectivity index (χ4v) is 2.63. The van der Waals surface area contributed by atoms with Crippen molar-refractivity contribution in [2.75, 3.05) is 6.61 Å². The van der Waals surface area contributed by atoms with Crippen molar-refractivity contribution in [3.05, 3.63) is 53.9 Å². The van der Waals surface area contributed by atoms with E-state index in [1.54, 1.807) is 0 Å². The lowest BCUT2D eigenvalue weighted by molar-refractivity contribution is 0.237. The van der Waals surface area contributed by atoms with Crippen LogP contribution in [-0.2, 0) is 0 Å². The molecule has 1 aliphatic carbocycles. The lowest BCUT2D eigenvalue weighted by Gasteiger charge is -2.20. The molecule has 0 bridgehead atoms. The molecule has 0 N–H and O–H groups in total. The van der Waals surface area contributed by atoms with Crippen LogP contribution in [0, 0.1) is 12.8 Å². The monoisotopic (exact) mass is 294 g/mol. The van der Waals surface area contributed by atoms with Crippen LogP contribution in [0.5, 0.6) is 5.75 Å². The van der Waals surface area contributed by atoms with Gasteiger partial charge in [0.2, 0.25) is 0 Å². The maximum atomic E-state index is 5.92. The molecule has 22 heavy (non-hydrogen) atoms. The molecule has 1 aliphatic rings. The van der Waals surface area contributed by atoms with Crippen molar-refractivity contribution in [3.63, 3.8) is 0 Å². The molecule has 0 radical (unpaired) electrons. The Kier molecular flexibility index (Phi) is 4.52. The molecule has 1 atom stereocenters. The number of hydrogen-bond acceptors (Lipinski definition) is 3. The summed E-state index contributed by atoms with van der Waals surface area (Å²) in [6.45, 7) is 5.00. The Bertz CT molecular complexity index is 644. The molecule has 1 heterocycles. The van der Waals surface area contributed by atoms with E-state index in [1.165, 1.54) is 18.4 Å². The molecule has 1 unspecified atom stereocenters. The molecule has 0 spiro atoms. The third-order valence-corrected chi connectivity index (χ3v) is 4.13. The molecule has 0 amide bonds. The van der Waals surface area contributed by atoms with Gasteiger partial charge in [-0.1, -0.05) is 11.6 Å². The summed E-state index contributed by atoms with van der Waals surface area (Å²) in [4.78, 5) is 8.69. The molecule has 3 rings (SSSR count). The van der Waals surface area contributed by atoms with Gasteiger partial charge in [0.25, 0.3) is 0 Å². The second-order valence-corrected chi connectivity index (χ2v) is 6.11. The van der Waals surface area contributed by atoms with Crippen molar-refractivity contribution in [2.45, 2.75) is 33.1 Å². The molecule has 0 saturated carbocycles. The van der Waals surface area contributed by atoms with E-state index in [0.29, 0.717) is 5.92 Å². The van der Waals surface area contributed by atoms with Crippen LogP contribution in [0.2, 0.25) is 0 Å². The van der Waals surface area contributed by atoms with Crippen LogP contribution in [0.4, 0.5) is 0 Å². The van der Waals surface area contributed by atoms with Gasteiger partial charge in [-0.15, -0.1) is 0 Å². The van der Waals surface area contributed by atoms with E-state index >= 15 is 0 Å². The third-order valence-electron chi connectivity index (χ3n) is 4.13. The largest absolute Gasteiger partial charge is 0.493 e. The highest BCUT2D eigenvalue weighted by molar-refractivity contribution is 5.55. The van der Waals surface area contributed by atoms with Gasteiger partial charge >= 0.3 is 0 Å². The smallest absolute Gasteiger partial charge is 0.159 e. The van der Waals surface area contributed by atoms with Gasteiger partial charge in [-0.05, 0) is 68.9 Å². The second kappa shape index (κ2) is 6.73. The van der Waals surface area contributed by atoms with E-state index < -0.39 is 0 Å². The number of nitrogens with zero attached hydrogens (tertiary/aromatic N) is 2. The number of aryl methyl sites for hydroxylation is 1. The van der Waals surface area contributed by atoms with Gasteiger partial charge in [-0.25, -0.2) is 9.97 Å². The van der Waals surface area contributed by atoms with Crippen molar-refractivity contribution in [3.8, 4) is 17.1 Å². The predicted octanol–water partition coefficient (Wildman–Crippen LogP) is 4.58. The van der Waals surface area contributed by atoms with E-state index in [4.69, 9.17) is 4.74 Å². The zero-order valence-electron chi connectivity index (χ0n) is 13.2. The molecule has 3 heteroatoms. The number of benzene rings is 1. The SMILES string of the molecule is CC1=CCC(COc2ccc(-c3ncc(C)cn3)cc2)CC1. The Morgan fingerprint density at radius 1 is 1.09 bits per heavy atom. The minimum absolute atomic E-state index is 0.642. The summed E-state index contributed by atoms with van der Waals surface area (Å²) in [5, 5.41) is 0. The van der Waals surface area contributed by atoms with Crippen molar-refractivity contribution in [1.82, 2.24) is 9.97 Å². The Labute approximate surface area is 132 Å². The molecule has 1 aromatic heterocycles. The Morgan fingerprint density at radius 2 is 1.82 bits per heavy atom. The summed E-state index contributed by atoms with van der Waals surface area (Å²) in [5.41, 5.74) is 3.60. The first-order chi connectivity index (χ1) is 10.7. The van der Waals surface area contributed by atoms with Crippen LogP contribution in [0.3, 0.4) is 0 Å². The van der Waals surface area contributed by atoms with Gasteiger partial charge in [-0.3, -0.25) is 0 Å². The fourth-order valence-electron chi connectivity index (χ4n) is 2.63. The molecular formula is C19H22N2O. The van der Waals surface area contributed by atoms with Gasteiger partial charge in [-0.2, -0.15) is 0 Å². The van der Waals surface area contributed by atoms with Crippen LogP contribution < -0.4 is 4.74 Å². The van der Waals surface area contributed by atoms with Crippen LogP contribution in [0.1, 0.15) is 31.7 Å². The lowest BCUT2D eigenvalue weighted by Crippen LogP contribution is -2.14. The van der Waals surface area contributed by atoms with Crippen LogP contribution in [0.15, 0.2) is 48.3 Å². The predicted molar refractivity (Wildman–Crippen MR) is 88.8 cm³/mol. The summed E-state index contributed by atoms with van der Waals surface area (Å²) in [6.07, 6.45) is 9.60. The highest BCUT2D eigenvalue weighted by atomic mass is 16.5. The van der Waals surface area contributed by atoms with Gasteiger partial charge in [0, 0.05) is 18.0 Å². The van der Waals surface area contributed by atoms with Crippen molar-refractivity contribution >= 4 is 0 Å². The molecular weight excluding hydrogens is 272 g/mol. The molecule has 1 aromatic carbocycles. The summed E-state index contributed by atoms with van der Waals surface area (Å²) in [5.74, 6) is 2.32. The Balaban J connectivity index is 1.58. The first-order valence-corrected chi connectivity index (χ1v) is 7.88. The van der Waals surface area contributed by atoms with Crippen LogP contribution in [-0.4, -0.2) is 16.6 Å². The van der Waals surface area contributed by atoms with Crippen molar-refractivity contribution in [2.24, 2.45) is 5.92 Å². The van der Waals surface area contributed by atoms with Crippen molar-refractivity contribution in [1.29, 1.82) is 0 Å². The first-order valence-electron chi connectivity index (χ1n) is 7.88. The summed E-state index contributed by atoms with van der Waals surface area (Å²) >= 11 is 0. The highest BCUT2D eigenvalue weighted by Crippen LogP contribution is 2.25. The second-order valence-electron chi connectivity index (χ2n) is 6.11. The molecule has 2 aromatic rings. The third kappa shape index (κ3) is 3.73. The fraction of sp³-hybridized carbons (Fsp3) is 0.368. The lowest BCUT2D eigenvalue weighted by atomic mass is 9.91. The van der Waals surface area contributed by atoms with Crippen LogP contribution >= 0.6 is 0 Å². The van der Waals surface area contributed by atoms with Gasteiger partial charge < -0.3 is 4.74 Å². The number of allylic oxidation sites excluding steroid dienone is 2. The van der Waals surface area contributed by atoms with E-state index in [9.17, 15) is 0 Å². The minimum Gasteiger partial charge on any atom is -0.493 e. The van der Waals surface area contributed by atoms with E-state index in [0.717, 1.165) is 35.7 Å². The van der Waals surface area contributed by atoms with Gasteiger partial charge in [0.15, 0.2) is 5.82 Å².